The van der Waals surface area contributed by atoms with Gasteiger partial charge in [0.15, 0.2) is 17.5 Å². The molecule has 0 bridgehead atoms. The molecule has 6 heteroatoms. The summed E-state index contributed by atoms with van der Waals surface area (Å²) in [5, 5.41) is 16.9. The van der Waals surface area contributed by atoms with Gasteiger partial charge in [0.05, 0.1) is 14.2 Å². The first-order valence-corrected chi connectivity index (χ1v) is 9.97. The van der Waals surface area contributed by atoms with E-state index in [2.05, 4.69) is 53.7 Å². The molecule has 0 unspecified atom stereocenters. The average Bonchev–Trinajstić information content (AvgIpc) is 2.78. The zero-order valence-corrected chi connectivity index (χ0v) is 18.1. The lowest BCUT2D eigenvalue weighted by Gasteiger charge is -2.33. The van der Waals surface area contributed by atoms with Crippen molar-refractivity contribution in [2.75, 3.05) is 27.8 Å². The van der Waals surface area contributed by atoms with Crippen LogP contribution in [0.3, 0.4) is 0 Å². The monoisotopic (exact) mass is 399 g/mol. The van der Waals surface area contributed by atoms with Crippen molar-refractivity contribution in [3.8, 4) is 17.2 Å². The van der Waals surface area contributed by atoms with Gasteiger partial charge in [-0.3, -0.25) is 4.99 Å². The predicted octanol–water partition coefficient (Wildman–Crippen LogP) is 3.83. The summed E-state index contributed by atoms with van der Waals surface area (Å²) in [4.78, 5) is 4.35. The smallest absolute Gasteiger partial charge is 0.200 e. The van der Waals surface area contributed by atoms with Crippen LogP contribution in [0.2, 0.25) is 0 Å². The molecule has 2 aromatic carbocycles. The van der Waals surface area contributed by atoms with Crippen LogP contribution >= 0.6 is 0 Å². The predicted molar refractivity (Wildman–Crippen MR) is 118 cm³/mol. The van der Waals surface area contributed by atoms with Gasteiger partial charge in [0.1, 0.15) is 0 Å². The van der Waals surface area contributed by atoms with Crippen LogP contribution in [0.4, 0.5) is 0 Å². The van der Waals surface area contributed by atoms with Gasteiger partial charge in [-0.05, 0) is 36.1 Å². The molecule has 0 aliphatic heterocycles. The van der Waals surface area contributed by atoms with Crippen molar-refractivity contribution in [2.24, 2.45) is 4.99 Å². The van der Waals surface area contributed by atoms with Crippen molar-refractivity contribution in [3.63, 3.8) is 0 Å². The molecule has 0 radical (unpaired) electrons. The van der Waals surface area contributed by atoms with Crippen LogP contribution < -0.4 is 20.1 Å². The minimum Gasteiger partial charge on any atom is -0.502 e. The van der Waals surface area contributed by atoms with Gasteiger partial charge >= 0.3 is 0 Å². The Bertz CT molecular complexity index is 777. The number of aliphatic imine (C=N–C) groups is 1. The molecule has 0 atom stereocenters. The van der Waals surface area contributed by atoms with Crippen molar-refractivity contribution in [1.29, 1.82) is 0 Å². The van der Waals surface area contributed by atoms with Crippen molar-refractivity contribution < 1.29 is 14.6 Å². The van der Waals surface area contributed by atoms with Crippen LogP contribution in [-0.2, 0) is 12.0 Å². The Morgan fingerprint density at radius 3 is 2.07 bits per heavy atom. The number of phenolic OH excluding ortho intramolecular Hbond substituents is 1. The van der Waals surface area contributed by atoms with E-state index in [0.29, 0.717) is 18.0 Å². The van der Waals surface area contributed by atoms with Gasteiger partial charge in [-0.15, -0.1) is 0 Å². The Balaban J connectivity index is 2.08. The van der Waals surface area contributed by atoms with Gasteiger partial charge in [0, 0.05) is 25.6 Å². The Labute approximate surface area is 174 Å². The SMILES string of the molecule is CCC(CC)(CNC(=NC)NCc1cc(OC)c(O)c(OC)c1)c1ccccc1. The number of rotatable bonds is 9. The molecule has 158 valence electrons. The minimum atomic E-state index is -0.000191. The first-order valence-electron chi connectivity index (χ1n) is 9.97. The van der Waals surface area contributed by atoms with E-state index in [9.17, 15) is 5.11 Å². The highest BCUT2D eigenvalue weighted by molar-refractivity contribution is 5.79. The Morgan fingerprint density at radius 2 is 1.59 bits per heavy atom. The van der Waals surface area contributed by atoms with Gasteiger partial charge in [-0.25, -0.2) is 0 Å². The van der Waals surface area contributed by atoms with Crippen molar-refractivity contribution in [1.82, 2.24) is 10.6 Å². The van der Waals surface area contributed by atoms with E-state index in [4.69, 9.17) is 9.47 Å². The van der Waals surface area contributed by atoms with Gasteiger partial charge in [-0.1, -0.05) is 44.2 Å². The third-order valence-corrected chi connectivity index (χ3v) is 5.56. The van der Waals surface area contributed by atoms with E-state index in [-0.39, 0.29) is 11.2 Å². The van der Waals surface area contributed by atoms with E-state index < -0.39 is 0 Å². The molecule has 0 saturated carbocycles. The number of nitrogens with zero attached hydrogens (tertiary/aromatic N) is 1. The lowest BCUT2D eigenvalue weighted by Crippen LogP contribution is -2.45. The Kier molecular flexibility index (Phi) is 8.19. The summed E-state index contributed by atoms with van der Waals surface area (Å²) in [6, 6.07) is 14.2. The molecule has 0 amide bonds. The fourth-order valence-corrected chi connectivity index (χ4v) is 3.51. The number of guanidine groups is 1. The zero-order chi connectivity index (χ0) is 21.3. The van der Waals surface area contributed by atoms with Crippen LogP contribution in [0, 0.1) is 0 Å². The third-order valence-electron chi connectivity index (χ3n) is 5.56. The van der Waals surface area contributed by atoms with E-state index in [1.165, 1.54) is 19.8 Å². The maximum atomic E-state index is 10.1. The van der Waals surface area contributed by atoms with Crippen LogP contribution in [0.1, 0.15) is 37.8 Å². The van der Waals surface area contributed by atoms with Gasteiger partial charge in [-0.2, -0.15) is 0 Å². The molecule has 0 spiro atoms. The van der Waals surface area contributed by atoms with Crippen LogP contribution in [-0.4, -0.2) is 38.9 Å². The lowest BCUT2D eigenvalue weighted by atomic mass is 9.76. The number of hydrogen-bond acceptors (Lipinski definition) is 4. The maximum absolute atomic E-state index is 10.1. The standard InChI is InChI=1S/C23H33N3O3/c1-6-23(7-2,18-11-9-8-10-12-18)16-26-22(24-3)25-15-17-13-19(28-4)21(27)20(14-17)29-5/h8-14,27H,6-7,15-16H2,1-5H3,(H2,24,25,26). The van der Waals surface area contributed by atoms with Gasteiger partial charge in [0.2, 0.25) is 5.75 Å². The number of hydrogen-bond donors (Lipinski definition) is 3. The van der Waals surface area contributed by atoms with E-state index >= 15 is 0 Å². The zero-order valence-electron chi connectivity index (χ0n) is 18.1. The molecule has 0 saturated heterocycles. The highest BCUT2D eigenvalue weighted by Crippen LogP contribution is 2.37. The number of nitrogens with one attached hydrogen (secondary N) is 2. The van der Waals surface area contributed by atoms with Crippen LogP contribution in [0.25, 0.3) is 0 Å². The molecule has 0 fully saturated rings. The summed E-state index contributed by atoms with van der Waals surface area (Å²) in [5.41, 5.74) is 2.30. The fraction of sp³-hybridized carbons (Fsp3) is 0.435. The third kappa shape index (κ3) is 5.34. The maximum Gasteiger partial charge on any atom is 0.200 e. The molecule has 6 nitrogen and oxygen atoms in total. The van der Waals surface area contributed by atoms with Gasteiger partial charge < -0.3 is 25.2 Å². The van der Waals surface area contributed by atoms with Crippen molar-refractivity contribution in [2.45, 2.75) is 38.6 Å². The number of ether oxygens (including phenoxy) is 2. The molecule has 2 rings (SSSR count). The number of aromatic hydroxyl groups is 1. The number of phenols is 1. The normalized spacial score (nSPS) is 11.8. The van der Waals surface area contributed by atoms with Crippen LogP contribution in [0.15, 0.2) is 47.5 Å². The molecular weight excluding hydrogens is 366 g/mol. The first-order chi connectivity index (χ1) is 14.0. The molecule has 0 aliphatic carbocycles. The van der Waals surface area contributed by atoms with Crippen molar-refractivity contribution in [3.05, 3.63) is 53.6 Å². The molecule has 3 N–H and O–H groups in total. The fourth-order valence-electron chi connectivity index (χ4n) is 3.51. The summed E-state index contributed by atoms with van der Waals surface area (Å²) in [6.45, 7) is 5.75. The molecule has 0 aromatic heterocycles. The summed E-state index contributed by atoms with van der Waals surface area (Å²) >= 11 is 0. The average molecular weight is 400 g/mol. The Hall–Kier alpha value is -2.89. The largest absolute Gasteiger partial charge is 0.502 e. The highest BCUT2D eigenvalue weighted by atomic mass is 16.5. The second kappa shape index (κ2) is 10.6. The first kappa shape index (κ1) is 22.4. The van der Waals surface area contributed by atoms with Gasteiger partial charge in [0.25, 0.3) is 0 Å². The van der Waals surface area contributed by atoms with E-state index in [1.54, 1.807) is 19.2 Å². The number of benzene rings is 2. The second-order valence-electron chi connectivity index (χ2n) is 6.98. The second-order valence-corrected chi connectivity index (χ2v) is 6.98. The molecular formula is C23H33N3O3. The van der Waals surface area contributed by atoms with E-state index in [0.717, 1.165) is 30.9 Å². The quantitative estimate of drug-likeness (QED) is 0.441. The summed E-state index contributed by atoms with van der Waals surface area (Å²) < 4.78 is 10.5. The highest BCUT2D eigenvalue weighted by Gasteiger charge is 2.28. The summed E-state index contributed by atoms with van der Waals surface area (Å²) in [6.07, 6.45) is 2.06. The Morgan fingerprint density at radius 1 is 1.00 bits per heavy atom. The molecule has 29 heavy (non-hydrogen) atoms. The van der Waals surface area contributed by atoms with Crippen LogP contribution in [0.5, 0.6) is 17.2 Å². The summed E-state index contributed by atoms with van der Waals surface area (Å²) in [5.74, 6) is 1.48. The molecule has 2 aromatic rings. The molecule has 0 heterocycles. The lowest BCUT2D eigenvalue weighted by molar-refractivity contribution is 0.339. The van der Waals surface area contributed by atoms with E-state index in [1.807, 2.05) is 6.07 Å². The summed E-state index contributed by atoms with van der Waals surface area (Å²) in [7, 11) is 4.80. The topological polar surface area (TPSA) is 75.1 Å². The van der Waals surface area contributed by atoms with Crippen molar-refractivity contribution >= 4 is 5.96 Å². The minimum absolute atomic E-state index is 0.000191. The molecule has 0 aliphatic rings. The number of methoxy groups -OCH3 is 2.